The summed E-state index contributed by atoms with van der Waals surface area (Å²) in [5.41, 5.74) is 0. The van der Waals surface area contributed by atoms with Gasteiger partial charge in [-0.3, -0.25) is 9.59 Å². The zero-order valence-electron chi connectivity index (χ0n) is 28.7. The van der Waals surface area contributed by atoms with Crippen molar-refractivity contribution in [1.29, 1.82) is 0 Å². The van der Waals surface area contributed by atoms with Crippen LogP contribution in [-0.4, -0.2) is 36.4 Å². The number of ether oxygens (including phenoxy) is 2. The summed E-state index contributed by atoms with van der Waals surface area (Å²) in [5.74, 6) is -0.619. The van der Waals surface area contributed by atoms with E-state index in [1.807, 2.05) is 0 Å². The average Bonchev–Trinajstić information content (AvgIpc) is 3.02. The van der Waals surface area contributed by atoms with Crippen LogP contribution in [0.25, 0.3) is 0 Å². The Bertz CT molecular complexity index is 752. The van der Waals surface area contributed by atoms with Crippen molar-refractivity contribution < 1.29 is 24.2 Å². The van der Waals surface area contributed by atoms with Gasteiger partial charge in [0.15, 0.2) is 6.10 Å². The van der Waals surface area contributed by atoms with E-state index in [9.17, 15) is 14.7 Å². The molecule has 0 saturated carbocycles. The van der Waals surface area contributed by atoms with Gasteiger partial charge in [-0.25, -0.2) is 0 Å². The van der Waals surface area contributed by atoms with Gasteiger partial charge in [-0.15, -0.1) is 0 Å². The van der Waals surface area contributed by atoms with Crippen molar-refractivity contribution in [2.24, 2.45) is 0 Å². The smallest absolute Gasteiger partial charge is 0.306 e. The van der Waals surface area contributed by atoms with E-state index in [4.69, 9.17) is 9.47 Å². The van der Waals surface area contributed by atoms with Crippen molar-refractivity contribution in [3.63, 3.8) is 0 Å². The van der Waals surface area contributed by atoms with Crippen molar-refractivity contribution in [3.05, 3.63) is 48.6 Å². The summed E-state index contributed by atoms with van der Waals surface area (Å²) in [6.07, 6.45) is 43.0. The van der Waals surface area contributed by atoms with Gasteiger partial charge in [0.1, 0.15) is 6.61 Å². The lowest BCUT2D eigenvalue weighted by Gasteiger charge is -2.15. The Morgan fingerprint density at radius 2 is 0.977 bits per heavy atom. The van der Waals surface area contributed by atoms with Crippen molar-refractivity contribution >= 4 is 11.9 Å². The third kappa shape index (κ3) is 32.8. The van der Waals surface area contributed by atoms with Crippen LogP contribution in [0.5, 0.6) is 0 Å². The summed E-state index contributed by atoms with van der Waals surface area (Å²) in [4.78, 5) is 24.2. The first-order chi connectivity index (χ1) is 21.6. The summed E-state index contributed by atoms with van der Waals surface area (Å²) >= 11 is 0. The molecule has 0 heterocycles. The van der Waals surface area contributed by atoms with Crippen LogP contribution in [0.1, 0.15) is 168 Å². The minimum absolute atomic E-state index is 0.0759. The van der Waals surface area contributed by atoms with Crippen molar-refractivity contribution in [3.8, 4) is 0 Å². The standard InChI is InChI=1S/C39H68O5/c1-3-5-7-9-11-13-15-17-19-21-23-25-27-29-31-33-38(41)43-36-37(35-40)44-39(42)34-32-30-28-26-24-22-20-18-16-14-12-10-8-6-4-2/h6,8,12-15,18,20,37,40H,3-5,7,9-11,16-17,19,21-36H2,1-2H3/b8-6+,14-12+,15-13+,20-18+/t37-/m0/s1. The second kappa shape index (κ2) is 35.3. The molecule has 1 atom stereocenters. The lowest BCUT2D eigenvalue weighted by Crippen LogP contribution is -2.28. The third-order valence-corrected chi connectivity index (χ3v) is 7.61. The number of allylic oxidation sites excluding steroid dienone is 8. The fourth-order valence-electron chi connectivity index (χ4n) is 4.86. The van der Waals surface area contributed by atoms with E-state index in [0.717, 1.165) is 70.6 Å². The number of carbonyl (C=O) groups excluding carboxylic acids is 2. The first-order valence-electron chi connectivity index (χ1n) is 18.2. The van der Waals surface area contributed by atoms with Crippen LogP contribution >= 0.6 is 0 Å². The largest absolute Gasteiger partial charge is 0.462 e. The predicted octanol–water partition coefficient (Wildman–Crippen LogP) is 11.1. The quantitative estimate of drug-likeness (QED) is 0.0462. The topological polar surface area (TPSA) is 72.8 Å². The molecule has 0 aromatic rings. The Morgan fingerprint density at radius 1 is 0.545 bits per heavy atom. The van der Waals surface area contributed by atoms with E-state index in [-0.39, 0.29) is 25.2 Å². The Kier molecular flexibility index (Phi) is 33.6. The van der Waals surface area contributed by atoms with E-state index in [0.29, 0.717) is 12.8 Å². The molecule has 0 aliphatic heterocycles. The molecule has 5 nitrogen and oxygen atoms in total. The monoisotopic (exact) mass is 617 g/mol. The molecule has 0 aromatic heterocycles. The third-order valence-electron chi connectivity index (χ3n) is 7.61. The summed E-state index contributed by atoms with van der Waals surface area (Å²) in [6, 6.07) is 0. The molecule has 44 heavy (non-hydrogen) atoms. The van der Waals surface area contributed by atoms with Crippen LogP contribution in [0.4, 0.5) is 0 Å². The predicted molar refractivity (Wildman–Crippen MR) is 187 cm³/mol. The van der Waals surface area contributed by atoms with Gasteiger partial charge in [-0.05, 0) is 70.6 Å². The molecular weight excluding hydrogens is 548 g/mol. The highest BCUT2D eigenvalue weighted by Gasteiger charge is 2.16. The second-order valence-electron chi connectivity index (χ2n) is 11.9. The van der Waals surface area contributed by atoms with Gasteiger partial charge in [0.25, 0.3) is 0 Å². The van der Waals surface area contributed by atoms with Gasteiger partial charge in [-0.2, -0.15) is 0 Å². The highest BCUT2D eigenvalue weighted by atomic mass is 16.6. The SMILES string of the molecule is CC/C=C/C/C=C/C/C=C/CCCCCCCC(=O)O[C@@H](CO)COC(=O)CCCCCCCCC/C=C/CCCCCC. The number of hydrogen-bond acceptors (Lipinski definition) is 5. The van der Waals surface area contributed by atoms with Gasteiger partial charge >= 0.3 is 11.9 Å². The molecule has 254 valence electrons. The molecule has 1 N–H and O–H groups in total. The molecule has 0 bridgehead atoms. The summed E-state index contributed by atoms with van der Waals surface area (Å²) in [7, 11) is 0. The molecule has 0 aromatic carbocycles. The number of esters is 2. The van der Waals surface area contributed by atoms with Gasteiger partial charge < -0.3 is 14.6 Å². The van der Waals surface area contributed by atoms with E-state index in [1.165, 1.54) is 70.6 Å². The fourth-order valence-corrected chi connectivity index (χ4v) is 4.86. The fraction of sp³-hybridized carbons (Fsp3) is 0.744. The number of aliphatic hydroxyl groups excluding tert-OH is 1. The minimum Gasteiger partial charge on any atom is -0.462 e. The van der Waals surface area contributed by atoms with E-state index in [2.05, 4.69) is 62.5 Å². The van der Waals surface area contributed by atoms with Gasteiger partial charge in [0.2, 0.25) is 0 Å². The van der Waals surface area contributed by atoms with Crippen molar-refractivity contribution in [2.45, 2.75) is 174 Å². The molecular formula is C39H68O5. The Morgan fingerprint density at radius 3 is 1.50 bits per heavy atom. The molecule has 0 fully saturated rings. The molecule has 0 amide bonds. The molecule has 0 aliphatic rings. The summed E-state index contributed by atoms with van der Waals surface area (Å²) in [5, 5.41) is 9.52. The van der Waals surface area contributed by atoms with E-state index in [1.54, 1.807) is 0 Å². The van der Waals surface area contributed by atoms with Crippen LogP contribution < -0.4 is 0 Å². The van der Waals surface area contributed by atoms with Crippen LogP contribution in [0.3, 0.4) is 0 Å². The molecule has 0 aliphatic carbocycles. The zero-order valence-corrected chi connectivity index (χ0v) is 28.7. The van der Waals surface area contributed by atoms with Gasteiger partial charge in [0.05, 0.1) is 6.61 Å². The molecule has 0 radical (unpaired) electrons. The van der Waals surface area contributed by atoms with E-state index < -0.39 is 6.10 Å². The average molecular weight is 617 g/mol. The summed E-state index contributed by atoms with van der Waals surface area (Å²) < 4.78 is 10.6. The van der Waals surface area contributed by atoms with Gasteiger partial charge in [-0.1, -0.05) is 133 Å². The number of hydrogen-bond donors (Lipinski definition) is 1. The highest BCUT2D eigenvalue weighted by molar-refractivity contribution is 5.70. The van der Waals surface area contributed by atoms with Crippen LogP contribution in [0.15, 0.2) is 48.6 Å². The van der Waals surface area contributed by atoms with Crippen LogP contribution in [-0.2, 0) is 19.1 Å². The second-order valence-corrected chi connectivity index (χ2v) is 11.9. The lowest BCUT2D eigenvalue weighted by atomic mass is 10.1. The molecule has 0 spiro atoms. The number of carbonyl (C=O) groups is 2. The van der Waals surface area contributed by atoms with Crippen LogP contribution in [0.2, 0.25) is 0 Å². The Balaban J connectivity index is 3.61. The number of unbranched alkanes of at least 4 members (excludes halogenated alkanes) is 16. The minimum atomic E-state index is -0.781. The maximum Gasteiger partial charge on any atom is 0.306 e. The number of aliphatic hydroxyl groups is 1. The Labute approximate surface area is 271 Å². The van der Waals surface area contributed by atoms with Crippen molar-refractivity contribution in [2.75, 3.05) is 13.2 Å². The highest BCUT2D eigenvalue weighted by Crippen LogP contribution is 2.12. The first-order valence-corrected chi connectivity index (χ1v) is 18.2. The zero-order chi connectivity index (χ0) is 32.2. The number of rotatable bonds is 32. The molecule has 5 heteroatoms. The maximum absolute atomic E-state index is 12.1. The normalized spacial score (nSPS) is 12.7. The first kappa shape index (κ1) is 41.9. The van der Waals surface area contributed by atoms with Crippen molar-refractivity contribution in [1.82, 2.24) is 0 Å². The lowest BCUT2D eigenvalue weighted by molar-refractivity contribution is -0.161. The van der Waals surface area contributed by atoms with E-state index >= 15 is 0 Å². The molecule has 0 rings (SSSR count). The molecule has 0 unspecified atom stereocenters. The van der Waals surface area contributed by atoms with Crippen LogP contribution in [0, 0.1) is 0 Å². The summed E-state index contributed by atoms with van der Waals surface area (Å²) in [6.45, 7) is 3.98. The maximum atomic E-state index is 12.1. The molecule has 0 saturated heterocycles. The Hall–Kier alpha value is -2.14. The van der Waals surface area contributed by atoms with Gasteiger partial charge in [0, 0.05) is 12.8 Å².